The molecule has 0 spiro atoms. The van der Waals surface area contributed by atoms with Crippen LogP contribution in [0.3, 0.4) is 0 Å². The molecule has 0 aliphatic rings. The van der Waals surface area contributed by atoms with Crippen molar-refractivity contribution in [2.75, 3.05) is 14.2 Å². The van der Waals surface area contributed by atoms with E-state index in [0.717, 1.165) is 0 Å². The molecule has 88 valence electrons. The molecule has 1 aromatic carbocycles. The summed E-state index contributed by atoms with van der Waals surface area (Å²) in [6.45, 7) is 1.57. The molecule has 1 atom stereocenters. The topological polar surface area (TPSA) is 55.8 Å². The van der Waals surface area contributed by atoms with Crippen LogP contribution >= 0.6 is 11.6 Å². The van der Waals surface area contributed by atoms with Crippen molar-refractivity contribution >= 4 is 17.6 Å². The molecular weight excluding hydrogens is 232 g/mol. The Morgan fingerprint density at radius 1 is 1.38 bits per heavy atom. The second kappa shape index (κ2) is 5.07. The van der Waals surface area contributed by atoms with Gasteiger partial charge in [-0.15, -0.1) is 0 Å². The van der Waals surface area contributed by atoms with Gasteiger partial charge in [-0.25, -0.2) is 0 Å². The standard InChI is InChI=1S/C11H13ClO4/c1-6(11(13)14)8-4-7(15-2)5-9(12)10(8)16-3/h4-6H,1-3H3,(H,13,14). The third-order valence-corrected chi connectivity index (χ3v) is 2.60. The number of carboxylic acids is 1. The molecule has 0 bridgehead atoms. The summed E-state index contributed by atoms with van der Waals surface area (Å²) >= 11 is 5.96. The third kappa shape index (κ3) is 2.39. The number of carboxylic acid groups (broad SMARTS) is 1. The predicted molar refractivity (Wildman–Crippen MR) is 60.6 cm³/mol. The molecular formula is C11H13ClO4. The van der Waals surface area contributed by atoms with E-state index in [1.165, 1.54) is 14.2 Å². The minimum Gasteiger partial charge on any atom is -0.497 e. The van der Waals surface area contributed by atoms with Gasteiger partial charge in [-0.1, -0.05) is 11.6 Å². The third-order valence-electron chi connectivity index (χ3n) is 2.32. The first-order valence-electron chi connectivity index (χ1n) is 4.65. The van der Waals surface area contributed by atoms with Crippen LogP contribution in [-0.2, 0) is 4.79 Å². The highest BCUT2D eigenvalue weighted by atomic mass is 35.5. The van der Waals surface area contributed by atoms with Gasteiger partial charge >= 0.3 is 5.97 Å². The fraction of sp³-hybridized carbons (Fsp3) is 0.364. The maximum Gasteiger partial charge on any atom is 0.310 e. The highest BCUT2D eigenvalue weighted by Gasteiger charge is 2.21. The highest BCUT2D eigenvalue weighted by molar-refractivity contribution is 6.32. The van der Waals surface area contributed by atoms with Crippen molar-refractivity contribution in [2.45, 2.75) is 12.8 Å². The zero-order valence-corrected chi connectivity index (χ0v) is 10.0. The average Bonchev–Trinajstić information content (AvgIpc) is 2.26. The van der Waals surface area contributed by atoms with Crippen molar-refractivity contribution in [3.8, 4) is 11.5 Å². The van der Waals surface area contributed by atoms with Gasteiger partial charge in [0.05, 0.1) is 25.2 Å². The lowest BCUT2D eigenvalue weighted by Crippen LogP contribution is -2.09. The summed E-state index contributed by atoms with van der Waals surface area (Å²) in [6.07, 6.45) is 0. The molecule has 4 nitrogen and oxygen atoms in total. The molecule has 1 rings (SSSR count). The number of rotatable bonds is 4. The summed E-state index contributed by atoms with van der Waals surface area (Å²) in [5.41, 5.74) is 0.499. The van der Waals surface area contributed by atoms with Gasteiger partial charge in [0.15, 0.2) is 0 Å². The van der Waals surface area contributed by atoms with Gasteiger partial charge in [0.25, 0.3) is 0 Å². The monoisotopic (exact) mass is 244 g/mol. The van der Waals surface area contributed by atoms with Gasteiger partial charge in [0.1, 0.15) is 11.5 Å². The molecule has 0 saturated carbocycles. The zero-order chi connectivity index (χ0) is 12.3. The van der Waals surface area contributed by atoms with Gasteiger partial charge in [-0.3, -0.25) is 4.79 Å². The Bertz CT molecular complexity index is 403. The van der Waals surface area contributed by atoms with E-state index >= 15 is 0 Å². The van der Waals surface area contributed by atoms with E-state index in [2.05, 4.69) is 0 Å². The number of ether oxygens (including phenoxy) is 2. The molecule has 1 N–H and O–H groups in total. The Morgan fingerprint density at radius 2 is 2.00 bits per heavy atom. The van der Waals surface area contributed by atoms with E-state index in [0.29, 0.717) is 22.1 Å². The first-order valence-corrected chi connectivity index (χ1v) is 5.03. The van der Waals surface area contributed by atoms with Gasteiger partial charge in [0.2, 0.25) is 0 Å². The van der Waals surface area contributed by atoms with E-state index in [-0.39, 0.29) is 0 Å². The molecule has 16 heavy (non-hydrogen) atoms. The molecule has 0 aromatic heterocycles. The Labute approximate surface area is 98.7 Å². The molecule has 1 unspecified atom stereocenters. The SMILES string of the molecule is COc1cc(Cl)c(OC)c(C(C)C(=O)O)c1. The van der Waals surface area contributed by atoms with Crippen LogP contribution in [0.1, 0.15) is 18.4 Å². The minimum atomic E-state index is -0.942. The molecule has 0 saturated heterocycles. The van der Waals surface area contributed by atoms with Gasteiger partial charge in [-0.2, -0.15) is 0 Å². The fourth-order valence-corrected chi connectivity index (χ4v) is 1.67. The van der Waals surface area contributed by atoms with Crippen LogP contribution in [0.25, 0.3) is 0 Å². The first kappa shape index (κ1) is 12.6. The van der Waals surface area contributed by atoms with Crippen molar-refractivity contribution in [3.63, 3.8) is 0 Å². The lowest BCUT2D eigenvalue weighted by Gasteiger charge is -2.15. The van der Waals surface area contributed by atoms with Crippen LogP contribution < -0.4 is 9.47 Å². The predicted octanol–water partition coefficient (Wildman–Crippen LogP) is 2.55. The number of methoxy groups -OCH3 is 2. The number of hydrogen-bond donors (Lipinski definition) is 1. The van der Waals surface area contributed by atoms with Crippen LogP contribution in [0.4, 0.5) is 0 Å². The minimum absolute atomic E-state index is 0.338. The van der Waals surface area contributed by atoms with Crippen molar-refractivity contribution in [1.82, 2.24) is 0 Å². The van der Waals surface area contributed by atoms with Crippen molar-refractivity contribution in [3.05, 3.63) is 22.7 Å². The van der Waals surface area contributed by atoms with Crippen molar-refractivity contribution < 1.29 is 19.4 Å². The first-order chi connectivity index (χ1) is 7.51. The number of halogens is 1. The van der Waals surface area contributed by atoms with Crippen LogP contribution in [0, 0.1) is 0 Å². The molecule has 0 amide bonds. The van der Waals surface area contributed by atoms with E-state index in [9.17, 15) is 4.79 Å². The van der Waals surface area contributed by atoms with E-state index in [4.69, 9.17) is 26.2 Å². The molecule has 0 aliphatic heterocycles. The number of carbonyl (C=O) groups is 1. The van der Waals surface area contributed by atoms with E-state index in [1.54, 1.807) is 19.1 Å². The summed E-state index contributed by atoms with van der Waals surface area (Å²) in [4.78, 5) is 10.9. The fourth-order valence-electron chi connectivity index (χ4n) is 1.38. The summed E-state index contributed by atoms with van der Waals surface area (Å²) in [6, 6.07) is 3.20. The number of hydrogen-bond acceptors (Lipinski definition) is 3. The van der Waals surface area contributed by atoms with Gasteiger partial charge in [-0.05, 0) is 13.0 Å². The normalized spacial score (nSPS) is 12.0. The summed E-state index contributed by atoms with van der Waals surface area (Å²) < 4.78 is 10.1. The molecule has 5 heteroatoms. The summed E-state index contributed by atoms with van der Waals surface area (Å²) in [7, 11) is 2.94. The van der Waals surface area contributed by atoms with Gasteiger partial charge < -0.3 is 14.6 Å². The van der Waals surface area contributed by atoms with Crippen LogP contribution in [0.15, 0.2) is 12.1 Å². The number of aliphatic carboxylic acids is 1. The van der Waals surface area contributed by atoms with Crippen LogP contribution in [-0.4, -0.2) is 25.3 Å². The quantitative estimate of drug-likeness (QED) is 0.884. The Hall–Kier alpha value is -1.42. The maximum absolute atomic E-state index is 10.9. The largest absolute Gasteiger partial charge is 0.497 e. The summed E-state index contributed by atoms with van der Waals surface area (Å²) in [5, 5.41) is 9.31. The Balaban J connectivity index is 3.33. The smallest absolute Gasteiger partial charge is 0.310 e. The van der Waals surface area contributed by atoms with Gasteiger partial charge in [0, 0.05) is 11.6 Å². The van der Waals surface area contributed by atoms with Crippen molar-refractivity contribution in [2.24, 2.45) is 0 Å². The molecule has 0 fully saturated rings. The van der Waals surface area contributed by atoms with E-state index in [1.807, 2.05) is 0 Å². The maximum atomic E-state index is 10.9. The number of benzene rings is 1. The lowest BCUT2D eigenvalue weighted by atomic mass is 10.00. The molecule has 0 aliphatic carbocycles. The molecule has 1 aromatic rings. The molecule has 0 radical (unpaired) electrons. The van der Waals surface area contributed by atoms with Crippen LogP contribution in [0.2, 0.25) is 5.02 Å². The lowest BCUT2D eigenvalue weighted by molar-refractivity contribution is -0.138. The van der Waals surface area contributed by atoms with Crippen LogP contribution in [0.5, 0.6) is 11.5 Å². The highest BCUT2D eigenvalue weighted by Crippen LogP contribution is 2.37. The Morgan fingerprint density at radius 3 is 2.44 bits per heavy atom. The Kier molecular flexibility index (Phi) is 4.01. The zero-order valence-electron chi connectivity index (χ0n) is 9.28. The summed E-state index contributed by atoms with van der Waals surface area (Å²) in [5.74, 6) is -0.767. The second-order valence-corrected chi connectivity index (χ2v) is 3.70. The average molecular weight is 245 g/mol. The van der Waals surface area contributed by atoms with Crippen molar-refractivity contribution in [1.29, 1.82) is 0 Å². The second-order valence-electron chi connectivity index (χ2n) is 3.29. The van der Waals surface area contributed by atoms with E-state index < -0.39 is 11.9 Å². The molecule has 0 heterocycles.